The van der Waals surface area contributed by atoms with E-state index in [9.17, 15) is 22.8 Å². The van der Waals surface area contributed by atoms with E-state index in [-0.39, 0.29) is 29.9 Å². The number of rotatable bonds is 8. The molecular weight excluding hydrogens is 383 g/mol. The number of carbonyl (C=O) groups excluding carboxylic acids is 2. The second-order valence-corrected chi connectivity index (χ2v) is 7.33. The van der Waals surface area contributed by atoms with E-state index in [2.05, 4.69) is 20.4 Å². The van der Waals surface area contributed by atoms with Crippen LogP contribution in [-0.2, 0) is 9.59 Å². The molecule has 1 heterocycles. The lowest BCUT2D eigenvalue weighted by atomic mass is 10.1. The highest BCUT2D eigenvalue weighted by Gasteiger charge is 2.31. The molecule has 0 saturated carbocycles. The number of nitrogens with one attached hydrogen (secondary N) is 2. The maximum absolute atomic E-state index is 12.3. The van der Waals surface area contributed by atoms with Gasteiger partial charge in [-0.15, -0.1) is 13.2 Å². The highest BCUT2D eigenvalue weighted by molar-refractivity contribution is 7.22. The number of halogens is 3. The Kier molecular flexibility index (Phi) is 7.00. The molecule has 27 heavy (non-hydrogen) atoms. The van der Waals surface area contributed by atoms with Crippen LogP contribution in [0.2, 0.25) is 0 Å². The van der Waals surface area contributed by atoms with Gasteiger partial charge in [-0.05, 0) is 24.5 Å². The molecule has 148 valence electrons. The van der Waals surface area contributed by atoms with E-state index in [0.29, 0.717) is 34.7 Å². The fourth-order valence-electron chi connectivity index (χ4n) is 2.26. The molecule has 0 saturated heterocycles. The Balaban J connectivity index is 1.83. The van der Waals surface area contributed by atoms with E-state index >= 15 is 0 Å². The van der Waals surface area contributed by atoms with Gasteiger partial charge in [0.1, 0.15) is 5.75 Å². The Hall–Kier alpha value is -2.36. The lowest BCUT2D eigenvalue weighted by molar-refractivity contribution is -0.274. The fourth-order valence-corrected chi connectivity index (χ4v) is 3.17. The quantitative estimate of drug-likeness (QED) is 0.651. The molecule has 0 aliphatic rings. The summed E-state index contributed by atoms with van der Waals surface area (Å²) >= 11 is 1.06. The highest BCUT2D eigenvalue weighted by Crippen LogP contribution is 2.31. The molecule has 0 spiro atoms. The molecule has 1 aromatic carbocycles. The van der Waals surface area contributed by atoms with E-state index < -0.39 is 6.36 Å². The number of anilines is 1. The zero-order valence-corrected chi connectivity index (χ0v) is 15.7. The van der Waals surface area contributed by atoms with Crippen molar-refractivity contribution in [2.24, 2.45) is 5.92 Å². The third-order valence-corrected chi connectivity index (χ3v) is 4.27. The molecule has 0 atom stereocenters. The number of hydrogen-bond donors (Lipinski definition) is 2. The molecule has 0 aliphatic carbocycles. The van der Waals surface area contributed by atoms with Crippen LogP contribution in [0.15, 0.2) is 18.2 Å². The lowest BCUT2D eigenvalue weighted by Gasteiger charge is -2.07. The van der Waals surface area contributed by atoms with Crippen LogP contribution in [0.25, 0.3) is 10.2 Å². The largest absolute Gasteiger partial charge is 0.573 e. The van der Waals surface area contributed by atoms with Gasteiger partial charge in [-0.2, -0.15) is 0 Å². The van der Waals surface area contributed by atoms with Gasteiger partial charge in [0, 0.05) is 25.5 Å². The van der Waals surface area contributed by atoms with E-state index in [1.54, 1.807) is 0 Å². The zero-order valence-electron chi connectivity index (χ0n) is 14.9. The average molecular weight is 403 g/mol. The summed E-state index contributed by atoms with van der Waals surface area (Å²) in [6.07, 6.45) is -3.65. The normalized spacial score (nSPS) is 11.6. The number of ether oxygens (including phenoxy) is 1. The summed E-state index contributed by atoms with van der Waals surface area (Å²) < 4.78 is 41.1. The minimum absolute atomic E-state index is 0.0477. The number of hydrogen-bond acceptors (Lipinski definition) is 5. The van der Waals surface area contributed by atoms with E-state index in [1.807, 2.05) is 13.8 Å². The van der Waals surface area contributed by atoms with E-state index in [4.69, 9.17) is 0 Å². The monoisotopic (exact) mass is 403 g/mol. The second-order valence-electron chi connectivity index (χ2n) is 6.30. The Morgan fingerprint density at radius 1 is 1.26 bits per heavy atom. The van der Waals surface area contributed by atoms with Gasteiger partial charge in [0.2, 0.25) is 11.8 Å². The number of alkyl halides is 3. The lowest BCUT2D eigenvalue weighted by Crippen LogP contribution is -2.26. The summed E-state index contributed by atoms with van der Waals surface area (Å²) in [6.45, 7) is 4.30. The predicted molar refractivity (Wildman–Crippen MR) is 96.6 cm³/mol. The Bertz CT molecular complexity index is 806. The van der Waals surface area contributed by atoms with Crippen molar-refractivity contribution in [1.29, 1.82) is 0 Å². The van der Waals surface area contributed by atoms with Crippen LogP contribution in [0.4, 0.5) is 18.3 Å². The maximum Gasteiger partial charge on any atom is 0.573 e. The van der Waals surface area contributed by atoms with Crippen LogP contribution in [0.1, 0.15) is 33.1 Å². The smallest absolute Gasteiger partial charge is 0.406 e. The first-order chi connectivity index (χ1) is 12.6. The van der Waals surface area contributed by atoms with Crippen molar-refractivity contribution in [3.63, 3.8) is 0 Å². The molecule has 0 bridgehead atoms. The summed E-state index contributed by atoms with van der Waals surface area (Å²) in [7, 11) is 0. The van der Waals surface area contributed by atoms with Gasteiger partial charge >= 0.3 is 6.36 Å². The number of carbonyl (C=O) groups is 2. The van der Waals surface area contributed by atoms with Crippen molar-refractivity contribution >= 4 is 38.5 Å². The number of fused-ring (bicyclic) bond motifs is 1. The third-order valence-electron chi connectivity index (χ3n) is 3.34. The van der Waals surface area contributed by atoms with Gasteiger partial charge < -0.3 is 15.4 Å². The van der Waals surface area contributed by atoms with Crippen molar-refractivity contribution in [2.45, 2.75) is 39.5 Å². The van der Waals surface area contributed by atoms with Crippen LogP contribution in [-0.4, -0.2) is 29.7 Å². The molecule has 6 nitrogen and oxygen atoms in total. The summed E-state index contributed by atoms with van der Waals surface area (Å²) in [5.41, 5.74) is 0.464. The minimum atomic E-state index is -4.76. The number of aromatic nitrogens is 1. The molecule has 0 aliphatic heterocycles. The number of amides is 2. The second kappa shape index (κ2) is 9.03. The first-order valence-corrected chi connectivity index (χ1v) is 9.17. The topological polar surface area (TPSA) is 80.3 Å². The van der Waals surface area contributed by atoms with Crippen molar-refractivity contribution in [3.05, 3.63) is 18.2 Å². The molecule has 0 unspecified atom stereocenters. The Morgan fingerprint density at radius 3 is 2.67 bits per heavy atom. The predicted octanol–water partition coefficient (Wildman–Crippen LogP) is 4.08. The van der Waals surface area contributed by atoms with Crippen molar-refractivity contribution in [2.75, 3.05) is 11.9 Å². The molecule has 2 aromatic rings. The maximum atomic E-state index is 12.3. The van der Waals surface area contributed by atoms with Crippen molar-refractivity contribution in [1.82, 2.24) is 10.3 Å². The van der Waals surface area contributed by atoms with Gasteiger partial charge in [-0.25, -0.2) is 4.98 Å². The standard InChI is InChI=1S/C17H20F3N3O3S/c1-10(2)8-15(25)21-7-3-4-14(24)23-16-22-12-6-5-11(9-13(12)27-16)26-17(18,19)20/h5-6,9-10H,3-4,7-8H2,1-2H3,(H,21,25)(H,22,23,24). The molecule has 1 aromatic heterocycles. The summed E-state index contributed by atoms with van der Waals surface area (Å²) in [6, 6.07) is 3.79. The molecule has 2 amide bonds. The molecule has 10 heteroatoms. The SMILES string of the molecule is CC(C)CC(=O)NCCCC(=O)Nc1nc2ccc(OC(F)(F)F)cc2s1. The number of nitrogens with zero attached hydrogens (tertiary/aromatic N) is 1. The molecule has 2 rings (SSSR count). The first-order valence-electron chi connectivity index (χ1n) is 8.35. The fraction of sp³-hybridized carbons (Fsp3) is 0.471. The Labute approximate surface area is 158 Å². The average Bonchev–Trinajstić information content (AvgIpc) is 2.90. The molecule has 0 radical (unpaired) electrons. The van der Waals surface area contributed by atoms with E-state index in [1.165, 1.54) is 18.2 Å². The van der Waals surface area contributed by atoms with E-state index in [0.717, 1.165) is 11.3 Å². The summed E-state index contributed by atoms with van der Waals surface area (Å²) in [5, 5.41) is 5.65. The Morgan fingerprint density at radius 2 is 2.00 bits per heavy atom. The summed E-state index contributed by atoms with van der Waals surface area (Å²) in [5.74, 6) is -0.393. The van der Waals surface area contributed by atoms with Gasteiger partial charge in [-0.1, -0.05) is 25.2 Å². The van der Waals surface area contributed by atoms with Gasteiger partial charge in [0.15, 0.2) is 5.13 Å². The van der Waals surface area contributed by atoms with Crippen LogP contribution >= 0.6 is 11.3 Å². The van der Waals surface area contributed by atoms with Gasteiger partial charge in [0.05, 0.1) is 10.2 Å². The van der Waals surface area contributed by atoms with Crippen molar-refractivity contribution < 1.29 is 27.5 Å². The zero-order chi connectivity index (χ0) is 20.0. The van der Waals surface area contributed by atoms with Crippen LogP contribution in [0.5, 0.6) is 5.75 Å². The number of benzene rings is 1. The van der Waals surface area contributed by atoms with Gasteiger partial charge in [-0.3, -0.25) is 9.59 Å². The highest BCUT2D eigenvalue weighted by atomic mass is 32.1. The van der Waals surface area contributed by atoms with Crippen molar-refractivity contribution in [3.8, 4) is 5.75 Å². The first kappa shape index (κ1) is 20.9. The number of thiazole rings is 1. The van der Waals surface area contributed by atoms with Crippen LogP contribution in [0, 0.1) is 5.92 Å². The minimum Gasteiger partial charge on any atom is -0.406 e. The van der Waals surface area contributed by atoms with Gasteiger partial charge in [0.25, 0.3) is 0 Å². The van der Waals surface area contributed by atoms with Crippen LogP contribution < -0.4 is 15.4 Å². The summed E-state index contributed by atoms with van der Waals surface area (Å²) in [4.78, 5) is 27.6. The molecular formula is C17H20F3N3O3S. The third kappa shape index (κ3) is 7.41. The molecule has 2 N–H and O–H groups in total. The van der Waals surface area contributed by atoms with Crippen LogP contribution in [0.3, 0.4) is 0 Å². The molecule has 0 fully saturated rings.